The molecule has 0 aliphatic heterocycles. The summed E-state index contributed by atoms with van der Waals surface area (Å²) in [6.07, 6.45) is 25.9. The summed E-state index contributed by atoms with van der Waals surface area (Å²) in [6.45, 7) is 9.33. The first-order valence-corrected chi connectivity index (χ1v) is 12.4. The van der Waals surface area contributed by atoms with Crippen LogP contribution in [-0.4, -0.2) is 5.54 Å². The fourth-order valence-electron chi connectivity index (χ4n) is 4.20. The zero-order chi connectivity index (χ0) is 19.5. The van der Waals surface area contributed by atoms with E-state index < -0.39 is 0 Å². The van der Waals surface area contributed by atoms with Crippen molar-refractivity contribution in [3.8, 4) is 0 Å². The van der Waals surface area contributed by atoms with Crippen molar-refractivity contribution in [2.45, 2.75) is 155 Å². The molecule has 0 saturated heterocycles. The van der Waals surface area contributed by atoms with Gasteiger partial charge in [-0.3, -0.25) is 0 Å². The van der Waals surface area contributed by atoms with Crippen LogP contribution in [0.1, 0.15) is 150 Å². The topological polar surface area (TPSA) is 26.0 Å². The Balaban J connectivity index is 3.76. The van der Waals surface area contributed by atoms with Gasteiger partial charge in [-0.1, -0.05) is 130 Å². The SMILES string of the molecule is CCCCCCC(N)(CCCC)CCCCCCC[C@H](C)CCCCC. The van der Waals surface area contributed by atoms with E-state index in [0.717, 1.165) is 5.92 Å². The Labute approximate surface area is 167 Å². The monoisotopic (exact) mass is 367 g/mol. The van der Waals surface area contributed by atoms with Crippen LogP contribution in [0.3, 0.4) is 0 Å². The van der Waals surface area contributed by atoms with E-state index in [1.807, 2.05) is 0 Å². The molecular formula is C25H53N. The molecule has 1 heteroatoms. The minimum atomic E-state index is 0.136. The average molecular weight is 368 g/mol. The van der Waals surface area contributed by atoms with Crippen LogP contribution in [0.25, 0.3) is 0 Å². The molecule has 0 aromatic carbocycles. The second kappa shape index (κ2) is 18.3. The molecule has 0 radical (unpaired) electrons. The minimum Gasteiger partial charge on any atom is -0.325 e. The summed E-state index contributed by atoms with van der Waals surface area (Å²) < 4.78 is 0. The average Bonchev–Trinajstić information content (AvgIpc) is 2.63. The lowest BCUT2D eigenvalue weighted by Gasteiger charge is -2.30. The molecule has 2 atom stereocenters. The van der Waals surface area contributed by atoms with E-state index in [4.69, 9.17) is 5.73 Å². The summed E-state index contributed by atoms with van der Waals surface area (Å²) in [6, 6.07) is 0. The molecule has 2 N–H and O–H groups in total. The van der Waals surface area contributed by atoms with E-state index >= 15 is 0 Å². The Bertz CT molecular complexity index is 275. The van der Waals surface area contributed by atoms with Crippen LogP contribution in [0.2, 0.25) is 0 Å². The van der Waals surface area contributed by atoms with Gasteiger partial charge in [0.1, 0.15) is 0 Å². The fraction of sp³-hybridized carbons (Fsp3) is 1.00. The predicted octanol–water partition coefficient (Wildman–Crippen LogP) is 8.79. The Kier molecular flexibility index (Phi) is 18.3. The van der Waals surface area contributed by atoms with Gasteiger partial charge >= 0.3 is 0 Å². The third-order valence-corrected chi connectivity index (χ3v) is 6.23. The van der Waals surface area contributed by atoms with E-state index in [-0.39, 0.29) is 5.54 Å². The Morgan fingerprint density at radius 2 is 0.923 bits per heavy atom. The Morgan fingerprint density at radius 1 is 0.538 bits per heavy atom. The normalized spacial score (nSPS) is 15.1. The van der Waals surface area contributed by atoms with Crippen molar-refractivity contribution >= 4 is 0 Å². The lowest BCUT2D eigenvalue weighted by atomic mass is 9.83. The standard InChI is InChI=1S/C25H53N/c1-5-8-11-17-22-25(26,21-10-7-3)23-18-14-12-13-16-20-24(4)19-15-9-6-2/h24H,5-23,26H2,1-4H3/t24-,25?/m1/s1. The molecule has 26 heavy (non-hydrogen) atoms. The molecule has 0 saturated carbocycles. The summed E-state index contributed by atoms with van der Waals surface area (Å²) in [5, 5.41) is 0. The first-order valence-electron chi connectivity index (χ1n) is 12.4. The van der Waals surface area contributed by atoms with Crippen LogP contribution in [0.4, 0.5) is 0 Å². The van der Waals surface area contributed by atoms with E-state index in [1.54, 1.807) is 0 Å². The van der Waals surface area contributed by atoms with Gasteiger partial charge in [0, 0.05) is 5.54 Å². The van der Waals surface area contributed by atoms with Crippen molar-refractivity contribution in [3.63, 3.8) is 0 Å². The first-order chi connectivity index (χ1) is 12.6. The van der Waals surface area contributed by atoms with Crippen LogP contribution >= 0.6 is 0 Å². The van der Waals surface area contributed by atoms with Crippen molar-refractivity contribution < 1.29 is 0 Å². The van der Waals surface area contributed by atoms with Crippen molar-refractivity contribution in [1.82, 2.24) is 0 Å². The second-order valence-corrected chi connectivity index (χ2v) is 9.18. The zero-order valence-electron chi connectivity index (χ0n) is 19.1. The molecule has 1 nitrogen and oxygen atoms in total. The summed E-state index contributed by atoms with van der Waals surface area (Å²) in [5.41, 5.74) is 6.94. The Morgan fingerprint density at radius 3 is 1.50 bits per heavy atom. The molecule has 0 aromatic rings. The molecule has 0 heterocycles. The predicted molar refractivity (Wildman–Crippen MR) is 121 cm³/mol. The highest BCUT2D eigenvalue weighted by Gasteiger charge is 2.22. The van der Waals surface area contributed by atoms with Crippen molar-refractivity contribution in [2.24, 2.45) is 11.7 Å². The number of hydrogen-bond donors (Lipinski definition) is 1. The van der Waals surface area contributed by atoms with E-state index in [1.165, 1.54) is 122 Å². The third-order valence-electron chi connectivity index (χ3n) is 6.23. The van der Waals surface area contributed by atoms with Crippen LogP contribution in [-0.2, 0) is 0 Å². The van der Waals surface area contributed by atoms with Gasteiger partial charge < -0.3 is 5.73 Å². The number of hydrogen-bond acceptors (Lipinski definition) is 1. The highest BCUT2D eigenvalue weighted by molar-refractivity contribution is 4.83. The van der Waals surface area contributed by atoms with Crippen LogP contribution < -0.4 is 5.73 Å². The lowest BCUT2D eigenvalue weighted by molar-refractivity contribution is 0.306. The van der Waals surface area contributed by atoms with Gasteiger partial charge in [0.15, 0.2) is 0 Å². The Hall–Kier alpha value is -0.0400. The molecule has 0 aromatic heterocycles. The molecule has 0 spiro atoms. The van der Waals surface area contributed by atoms with Crippen molar-refractivity contribution in [1.29, 1.82) is 0 Å². The van der Waals surface area contributed by atoms with Gasteiger partial charge in [0.2, 0.25) is 0 Å². The van der Waals surface area contributed by atoms with Crippen LogP contribution in [0.5, 0.6) is 0 Å². The molecular weight excluding hydrogens is 314 g/mol. The largest absolute Gasteiger partial charge is 0.325 e. The van der Waals surface area contributed by atoms with E-state index in [2.05, 4.69) is 27.7 Å². The summed E-state index contributed by atoms with van der Waals surface area (Å²) in [5.74, 6) is 0.940. The number of unbranched alkanes of at least 4 members (excludes halogenated alkanes) is 10. The highest BCUT2D eigenvalue weighted by Crippen LogP contribution is 2.26. The molecule has 0 bridgehead atoms. The van der Waals surface area contributed by atoms with Crippen LogP contribution in [0, 0.1) is 5.92 Å². The molecule has 158 valence electrons. The molecule has 0 fully saturated rings. The van der Waals surface area contributed by atoms with Gasteiger partial charge in [0.05, 0.1) is 0 Å². The molecule has 0 aliphatic rings. The van der Waals surface area contributed by atoms with E-state index in [0.29, 0.717) is 0 Å². The lowest BCUT2D eigenvalue weighted by Crippen LogP contribution is -2.39. The minimum absolute atomic E-state index is 0.136. The van der Waals surface area contributed by atoms with Gasteiger partial charge in [-0.25, -0.2) is 0 Å². The fourth-order valence-corrected chi connectivity index (χ4v) is 4.20. The highest BCUT2D eigenvalue weighted by atomic mass is 14.7. The van der Waals surface area contributed by atoms with Crippen molar-refractivity contribution in [2.75, 3.05) is 0 Å². The molecule has 0 rings (SSSR count). The van der Waals surface area contributed by atoms with Crippen molar-refractivity contribution in [3.05, 3.63) is 0 Å². The number of rotatable bonds is 20. The van der Waals surface area contributed by atoms with Gasteiger partial charge in [-0.05, 0) is 25.2 Å². The second-order valence-electron chi connectivity index (χ2n) is 9.18. The maximum absolute atomic E-state index is 6.80. The summed E-state index contributed by atoms with van der Waals surface area (Å²) in [7, 11) is 0. The quantitative estimate of drug-likeness (QED) is 0.214. The zero-order valence-corrected chi connectivity index (χ0v) is 19.1. The van der Waals surface area contributed by atoms with Gasteiger partial charge in [-0.15, -0.1) is 0 Å². The third kappa shape index (κ3) is 16.2. The first kappa shape index (κ1) is 26.0. The van der Waals surface area contributed by atoms with Crippen LogP contribution in [0.15, 0.2) is 0 Å². The molecule has 0 aliphatic carbocycles. The maximum atomic E-state index is 6.80. The summed E-state index contributed by atoms with van der Waals surface area (Å²) >= 11 is 0. The number of nitrogens with two attached hydrogens (primary N) is 1. The summed E-state index contributed by atoms with van der Waals surface area (Å²) in [4.78, 5) is 0. The van der Waals surface area contributed by atoms with Gasteiger partial charge in [-0.2, -0.15) is 0 Å². The maximum Gasteiger partial charge on any atom is 0.0154 e. The van der Waals surface area contributed by atoms with Gasteiger partial charge in [0.25, 0.3) is 0 Å². The van der Waals surface area contributed by atoms with E-state index in [9.17, 15) is 0 Å². The smallest absolute Gasteiger partial charge is 0.0154 e. The molecule has 0 amide bonds. The molecule has 1 unspecified atom stereocenters.